The quantitative estimate of drug-likeness (QED) is 0.648. The Morgan fingerprint density at radius 3 is 2.52 bits per heavy atom. The van der Waals surface area contributed by atoms with Crippen LogP contribution in [0.15, 0.2) is 47.4 Å². The van der Waals surface area contributed by atoms with E-state index in [1.54, 1.807) is 0 Å². The SMILES string of the molecule is Cc1cccc(CCNc2ccc([N+](=O)[O-])c(S(C)(=O)=O)c2)c1. The Labute approximate surface area is 135 Å². The first kappa shape index (κ1) is 17.0. The Morgan fingerprint density at radius 1 is 1.17 bits per heavy atom. The number of nitro benzene ring substituents is 1. The fourth-order valence-electron chi connectivity index (χ4n) is 2.29. The third-order valence-electron chi connectivity index (χ3n) is 3.38. The number of sulfone groups is 1. The summed E-state index contributed by atoms with van der Waals surface area (Å²) in [5.74, 6) is 0. The van der Waals surface area contributed by atoms with Gasteiger partial charge in [-0.2, -0.15) is 0 Å². The molecule has 1 N–H and O–H groups in total. The van der Waals surface area contributed by atoms with Crippen LogP contribution in [0.25, 0.3) is 0 Å². The maximum absolute atomic E-state index is 11.7. The van der Waals surface area contributed by atoms with Crippen molar-refractivity contribution in [2.45, 2.75) is 18.2 Å². The Bertz CT molecular complexity index is 832. The number of hydrogen-bond donors (Lipinski definition) is 1. The van der Waals surface area contributed by atoms with E-state index in [2.05, 4.69) is 11.4 Å². The highest BCUT2D eigenvalue weighted by Crippen LogP contribution is 2.27. The smallest absolute Gasteiger partial charge is 0.288 e. The summed E-state index contributed by atoms with van der Waals surface area (Å²) in [7, 11) is -3.67. The summed E-state index contributed by atoms with van der Waals surface area (Å²) < 4.78 is 23.4. The molecule has 0 unspecified atom stereocenters. The molecule has 0 aliphatic rings. The zero-order valence-corrected chi connectivity index (χ0v) is 13.8. The molecule has 2 aromatic rings. The van der Waals surface area contributed by atoms with Gasteiger partial charge < -0.3 is 5.32 Å². The fourth-order valence-corrected chi connectivity index (χ4v) is 3.15. The highest BCUT2D eigenvalue weighted by Gasteiger charge is 2.22. The van der Waals surface area contributed by atoms with Gasteiger partial charge in [-0.25, -0.2) is 8.42 Å². The Kier molecular flexibility index (Phi) is 5.00. The molecular weight excluding hydrogens is 316 g/mol. The van der Waals surface area contributed by atoms with E-state index in [0.717, 1.165) is 12.7 Å². The third-order valence-corrected chi connectivity index (χ3v) is 4.51. The summed E-state index contributed by atoms with van der Waals surface area (Å²) in [5, 5.41) is 14.0. The van der Waals surface area contributed by atoms with Crippen LogP contribution in [0.1, 0.15) is 11.1 Å². The molecule has 6 nitrogen and oxygen atoms in total. The summed E-state index contributed by atoms with van der Waals surface area (Å²) in [6.07, 6.45) is 1.73. The van der Waals surface area contributed by atoms with Crippen LogP contribution < -0.4 is 5.32 Å². The number of rotatable bonds is 6. The van der Waals surface area contributed by atoms with Crippen LogP contribution in [0.4, 0.5) is 11.4 Å². The minimum atomic E-state index is -3.67. The lowest BCUT2D eigenvalue weighted by molar-refractivity contribution is -0.387. The third kappa shape index (κ3) is 4.53. The standard InChI is InChI=1S/C16H18N2O4S/c1-12-4-3-5-13(10-12)8-9-17-14-6-7-15(18(19)20)16(11-14)23(2,21)22/h3-7,10-11,17H,8-9H2,1-2H3. The van der Waals surface area contributed by atoms with Gasteiger partial charge in [-0.05, 0) is 31.0 Å². The second-order valence-corrected chi connectivity index (χ2v) is 7.36. The number of nitrogens with zero attached hydrogens (tertiary/aromatic N) is 1. The predicted octanol–water partition coefficient (Wildman–Crippen LogP) is 2.96. The summed E-state index contributed by atoms with van der Waals surface area (Å²) in [4.78, 5) is 9.97. The Hall–Kier alpha value is -2.41. The van der Waals surface area contributed by atoms with Crippen LogP contribution in [0.5, 0.6) is 0 Å². The zero-order valence-electron chi connectivity index (χ0n) is 12.9. The highest BCUT2D eigenvalue weighted by atomic mass is 32.2. The first-order chi connectivity index (χ1) is 10.8. The van der Waals surface area contributed by atoms with Crippen molar-refractivity contribution in [2.24, 2.45) is 0 Å². The van der Waals surface area contributed by atoms with Gasteiger partial charge in [0.2, 0.25) is 0 Å². The van der Waals surface area contributed by atoms with Gasteiger partial charge >= 0.3 is 0 Å². The molecule has 0 bridgehead atoms. The topological polar surface area (TPSA) is 89.3 Å². The number of aryl methyl sites for hydroxylation is 1. The molecule has 0 aromatic heterocycles. The van der Waals surface area contributed by atoms with Crippen molar-refractivity contribution in [1.29, 1.82) is 0 Å². The van der Waals surface area contributed by atoms with Crippen molar-refractivity contribution in [1.82, 2.24) is 0 Å². The molecule has 0 aliphatic heterocycles. The van der Waals surface area contributed by atoms with Gasteiger partial charge in [-0.15, -0.1) is 0 Å². The molecule has 0 amide bonds. The largest absolute Gasteiger partial charge is 0.385 e. The average molecular weight is 334 g/mol. The van der Waals surface area contributed by atoms with E-state index in [4.69, 9.17) is 0 Å². The number of hydrogen-bond acceptors (Lipinski definition) is 5. The van der Waals surface area contributed by atoms with Gasteiger partial charge in [-0.1, -0.05) is 29.8 Å². The van der Waals surface area contributed by atoms with Crippen LogP contribution in [0, 0.1) is 17.0 Å². The molecule has 122 valence electrons. The van der Waals surface area contributed by atoms with Crippen molar-refractivity contribution in [2.75, 3.05) is 18.1 Å². The monoisotopic (exact) mass is 334 g/mol. The minimum Gasteiger partial charge on any atom is -0.385 e. The lowest BCUT2D eigenvalue weighted by atomic mass is 10.1. The van der Waals surface area contributed by atoms with Gasteiger partial charge in [0, 0.05) is 24.6 Å². The van der Waals surface area contributed by atoms with E-state index in [-0.39, 0.29) is 4.90 Å². The van der Waals surface area contributed by atoms with E-state index in [9.17, 15) is 18.5 Å². The van der Waals surface area contributed by atoms with E-state index in [1.807, 2.05) is 25.1 Å². The molecule has 0 radical (unpaired) electrons. The van der Waals surface area contributed by atoms with E-state index in [0.29, 0.717) is 12.2 Å². The number of nitrogens with one attached hydrogen (secondary N) is 1. The zero-order chi connectivity index (χ0) is 17.0. The van der Waals surface area contributed by atoms with Crippen molar-refractivity contribution in [3.63, 3.8) is 0 Å². The Morgan fingerprint density at radius 2 is 1.91 bits per heavy atom. The second kappa shape index (κ2) is 6.78. The molecule has 0 atom stereocenters. The first-order valence-corrected chi connectivity index (χ1v) is 8.94. The number of benzene rings is 2. The van der Waals surface area contributed by atoms with Crippen LogP contribution in [0.3, 0.4) is 0 Å². The van der Waals surface area contributed by atoms with Crippen molar-refractivity contribution in [3.8, 4) is 0 Å². The minimum absolute atomic E-state index is 0.275. The molecule has 7 heteroatoms. The highest BCUT2D eigenvalue weighted by molar-refractivity contribution is 7.90. The summed E-state index contributed by atoms with van der Waals surface area (Å²) in [5.41, 5.74) is 2.49. The lowest BCUT2D eigenvalue weighted by Crippen LogP contribution is -2.07. The fraction of sp³-hybridized carbons (Fsp3) is 0.250. The number of anilines is 1. The van der Waals surface area contributed by atoms with Gasteiger partial charge in [0.25, 0.3) is 5.69 Å². The molecule has 0 spiro atoms. The maximum Gasteiger partial charge on any atom is 0.288 e. The molecule has 2 aromatic carbocycles. The van der Waals surface area contributed by atoms with Gasteiger partial charge in [0.15, 0.2) is 9.84 Å². The van der Waals surface area contributed by atoms with Crippen LogP contribution in [-0.4, -0.2) is 26.1 Å². The van der Waals surface area contributed by atoms with Gasteiger partial charge in [-0.3, -0.25) is 10.1 Å². The first-order valence-electron chi connectivity index (χ1n) is 7.05. The summed E-state index contributed by atoms with van der Waals surface area (Å²) in [6, 6.07) is 12.1. The van der Waals surface area contributed by atoms with E-state index < -0.39 is 20.4 Å². The molecule has 0 saturated carbocycles. The van der Waals surface area contributed by atoms with E-state index >= 15 is 0 Å². The normalized spacial score (nSPS) is 11.2. The van der Waals surface area contributed by atoms with Crippen LogP contribution >= 0.6 is 0 Å². The molecule has 0 fully saturated rings. The van der Waals surface area contributed by atoms with Crippen molar-refractivity contribution < 1.29 is 13.3 Å². The summed E-state index contributed by atoms with van der Waals surface area (Å²) >= 11 is 0. The maximum atomic E-state index is 11.7. The molecule has 23 heavy (non-hydrogen) atoms. The molecule has 0 aliphatic carbocycles. The molecular formula is C16H18N2O4S. The Balaban J connectivity index is 2.13. The molecule has 2 rings (SSSR count). The second-order valence-electron chi connectivity index (χ2n) is 5.38. The van der Waals surface area contributed by atoms with Crippen LogP contribution in [0.2, 0.25) is 0 Å². The van der Waals surface area contributed by atoms with Gasteiger partial charge in [0.1, 0.15) is 4.90 Å². The van der Waals surface area contributed by atoms with Gasteiger partial charge in [0.05, 0.1) is 4.92 Å². The molecule has 0 saturated heterocycles. The van der Waals surface area contributed by atoms with Crippen molar-refractivity contribution in [3.05, 3.63) is 63.7 Å². The lowest BCUT2D eigenvalue weighted by Gasteiger charge is -2.09. The van der Waals surface area contributed by atoms with Crippen molar-refractivity contribution >= 4 is 21.2 Å². The number of nitro groups is 1. The average Bonchev–Trinajstić information content (AvgIpc) is 2.46. The predicted molar refractivity (Wildman–Crippen MR) is 89.6 cm³/mol. The molecule has 0 heterocycles. The summed E-state index contributed by atoms with van der Waals surface area (Å²) in [6.45, 7) is 2.62. The van der Waals surface area contributed by atoms with E-state index in [1.165, 1.54) is 29.3 Å². The van der Waals surface area contributed by atoms with Crippen LogP contribution in [-0.2, 0) is 16.3 Å².